The van der Waals surface area contributed by atoms with Crippen molar-refractivity contribution in [1.82, 2.24) is 9.21 Å². The van der Waals surface area contributed by atoms with E-state index in [1.165, 1.54) is 5.57 Å². The van der Waals surface area contributed by atoms with E-state index in [1.54, 1.807) is 0 Å². The van der Waals surface area contributed by atoms with Crippen LogP contribution in [-0.4, -0.2) is 52.0 Å². The SMILES string of the molecule is O=C1[C@@H]2[C@@H](CCN2C(CBr)=C2CC2)N1S(=O)(=O)O. The third kappa shape index (κ3) is 1.70. The molecule has 2 heterocycles. The predicted molar refractivity (Wildman–Crippen MR) is 67.3 cm³/mol. The van der Waals surface area contributed by atoms with E-state index >= 15 is 0 Å². The van der Waals surface area contributed by atoms with Crippen molar-refractivity contribution in [3.05, 3.63) is 11.3 Å². The highest BCUT2D eigenvalue weighted by Gasteiger charge is 2.59. The van der Waals surface area contributed by atoms with Crippen LogP contribution >= 0.6 is 15.9 Å². The molecule has 0 aromatic carbocycles. The van der Waals surface area contributed by atoms with Crippen LogP contribution in [0.1, 0.15) is 19.3 Å². The molecule has 2 saturated heterocycles. The monoisotopic (exact) mass is 336 g/mol. The lowest BCUT2D eigenvalue weighted by molar-refractivity contribution is -0.143. The fourth-order valence-electron chi connectivity index (χ4n) is 2.84. The second-order valence-electron chi connectivity index (χ2n) is 4.79. The van der Waals surface area contributed by atoms with Gasteiger partial charge in [-0.2, -0.15) is 8.42 Å². The topological polar surface area (TPSA) is 77.9 Å². The number of allylic oxidation sites excluding steroid dienone is 2. The van der Waals surface area contributed by atoms with E-state index in [0.717, 1.165) is 18.5 Å². The molecule has 1 aliphatic carbocycles. The van der Waals surface area contributed by atoms with Crippen LogP contribution in [0.5, 0.6) is 0 Å². The number of likely N-dealkylation sites (tertiary alicyclic amines) is 1. The molecule has 0 aromatic heterocycles. The van der Waals surface area contributed by atoms with Crippen LogP contribution in [0.25, 0.3) is 0 Å². The van der Waals surface area contributed by atoms with E-state index in [9.17, 15) is 13.2 Å². The lowest BCUT2D eigenvalue weighted by Gasteiger charge is -2.43. The van der Waals surface area contributed by atoms with Gasteiger partial charge in [0, 0.05) is 17.6 Å². The summed E-state index contributed by atoms with van der Waals surface area (Å²) in [5, 5.41) is 0.685. The highest BCUT2D eigenvalue weighted by molar-refractivity contribution is 9.09. The third-order valence-electron chi connectivity index (χ3n) is 3.77. The van der Waals surface area contributed by atoms with Gasteiger partial charge >= 0.3 is 10.3 Å². The Hall–Kier alpha value is -0.600. The first-order chi connectivity index (χ1) is 8.45. The van der Waals surface area contributed by atoms with E-state index < -0.39 is 28.3 Å². The molecule has 6 nitrogen and oxygen atoms in total. The van der Waals surface area contributed by atoms with Gasteiger partial charge in [0.05, 0.1) is 6.04 Å². The Labute approximate surface area is 114 Å². The van der Waals surface area contributed by atoms with Crippen LogP contribution in [0.4, 0.5) is 0 Å². The van der Waals surface area contributed by atoms with E-state index in [-0.39, 0.29) is 0 Å². The van der Waals surface area contributed by atoms with Gasteiger partial charge in [0.15, 0.2) is 0 Å². The van der Waals surface area contributed by atoms with Crippen LogP contribution < -0.4 is 0 Å². The van der Waals surface area contributed by atoms with Gasteiger partial charge < -0.3 is 4.90 Å². The fraction of sp³-hybridized carbons (Fsp3) is 0.700. The third-order valence-corrected chi connectivity index (χ3v) is 5.25. The molecular weight excluding hydrogens is 324 g/mol. The Bertz CT molecular complexity index is 538. The van der Waals surface area contributed by atoms with Gasteiger partial charge in [-0.3, -0.25) is 9.35 Å². The molecule has 18 heavy (non-hydrogen) atoms. The molecule has 8 heteroatoms. The zero-order valence-corrected chi connectivity index (χ0v) is 11.9. The Morgan fingerprint density at radius 1 is 1.44 bits per heavy atom. The number of halogens is 1. The molecule has 0 radical (unpaired) electrons. The summed E-state index contributed by atoms with van der Waals surface area (Å²) < 4.78 is 31.8. The standard InChI is InChI=1S/C10H13BrN2O4S/c11-5-8(6-1-2-6)12-4-3-7-9(12)10(14)13(7)18(15,16)17/h7,9H,1-5H2,(H,15,16,17)/t7-,9+/m1/s1. The van der Waals surface area contributed by atoms with Crippen molar-refractivity contribution in [3.63, 3.8) is 0 Å². The number of hydrogen-bond donors (Lipinski definition) is 1. The summed E-state index contributed by atoms with van der Waals surface area (Å²) in [5.74, 6) is -0.514. The van der Waals surface area contributed by atoms with Crippen LogP contribution in [0.2, 0.25) is 0 Å². The summed E-state index contributed by atoms with van der Waals surface area (Å²) in [7, 11) is -4.40. The fourth-order valence-corrected chi connectivity index (χ4v) is 4.46. The molecule has 0 spiro atoms. The number of alkyl halides is 1. The van der Waals surface area contributed by atoms with E-state index in [2.05, 4.69) is 15.9 Å². The number of amides is 1. The van der Waals surface area contributed by atoms with Crippen LogP contribution in [-0.2, 0) is 15.1 Å². The second-order valence-corrected chi connectivity index (χ2v) is 6.64. The maximum Gasteiger partial charge on any atom is 0.362 e. The minimum atomic E-state index is -4.40. The highest BCUT2D eigenvalue weighted by Crippen LogP contribution is 2.42. The average molecular weight is 337 g/mol. The first kappa shape index (κ1) is 12.4. The van der Waals surface area contributed by atoms with Crippen LogP contribution in [0.15, 0.2) is 11.3 Å². The molecule has 1 N–H and O–H groups in total. The van der Waals surface area contributed by atoms with Gasteiger partial charge in [0.25, 0.3) is 5.91 Å². The van der Waals surface area contributed by atoms with Crippen LogP contribution in [0, 0.1) is 0 Å². The number of carbonyl (C=O) groups is 1. The van der Waals surface area contributed by atoms with E-state index in [1.807, 2.05) is 4.90 Å². The van der Waals surface area contributed by atoms with Gasteiger partial charge in [-0.1, -0.05) is 15.9 Å². The van der Waals surface area contributed by atoms with Crippen molar-refractivity contribution in [2.24, 2.45) is 0 Å². The van der Waals surface area contributed by atoms with Gasteiger partial charge in [0.2, 0.25) is 0 Å². The van der Waals surface area contributed by atoms with Crippen molar-refractivity contribution in [1.29, 1.82) is 0 Å². The molecule has 1 saturated carbocycles. The molecule has 100 valence electrons. The number of carbonyl (C=O) groups excluding carboxylic acids is 1. The van der Waals surface area contributed by atoms with Gasteiger partial charge in [-0.05, 0) is 24.8 Å². The number of nitrogens with zero attached hydrogens (tertiary/aromatic N) is 2. The van der Waals surface area contributed by atoms with Gasteiger partial charge in [0.1, 0.15) is 6.04 Å². The zero-order chi connectivity index (χ0) is 13.1. The van der Waals surface area contributed by atoms with Crippen molar-refractivity contribution in [2.75, 3.05) is 11.9 Å². The molecule has 2 aliphatic heterocycles. The predicted octanol–water partition coefficient (Wildman–Crippen LogP) is 0.517. The molecule has 0 unspecified atom stereocenters. The maximum absolute atomic E-state index is 11.9. The second kappa shape index (κ2) is 3.94. The summed E-state index contributed by atoms with van der Waals surface area (Å²) in [4.78, 5) is 13.9. The normalized spacial score (nSPS) is 30.3. The Morgan fingerprint density at radius 3 is 2.61 bits per heavy atom. The van der Waals surface area contributed by atoms with E-state index in [4.69, 9.17) is 4.55 Å². The summed E-state index contributed by atoms with van der Waals surface area (Å²) in [6.07, 6.45) is 2.70. The Morgan fingerprint density at radius 2 is 2.11 bits per heavy atom. The summed E-state index contributed by atoms with van der Waals surface area (Å²) >= 11 is 3.42. The number of rotatable bonds is 3. The maximum atomic E-state index is 11.9. The van der Waals surface area contributed by atoms with Crippen molar-refractivity contribution >= 4 is 32.1 Å². The van der Waals surface area contributed by atoms with Crippen molar-refractivity contribution in [2.45, 2.75) is 31.3 Å². The molecule has 2 atom stereocenters. The zero-order valence-electron chi connectivity index (χ0n) is 9.54. The smallest absolute Gasteiger partial charge is 0.360 e. The number of fused-ring (bicyclic) bond motifs is 1. The molecular formula is C10H13BrN2O4S. The summed E-state index contributed by atoms with van der Waals surface area (Å²) in [6, 6.07) is -0.812. The average Bonchev–Trinajstić information content (AvgIpc) is 3.00. The highest BCUT2D eigenvalue weighted by atomic mass is 79.9. The Balaban J connectivity index is 1.86. The van der Waals surface area contributed by atoms with Crippen molar-refractivity contribution < 1.29 is 17.8 Å². The Kier molecular flexibility index (Phi) is 2.73. The summed E-state index contributed by atoms with van der Waals surface area (Å²) in [5.41, 5.74) is 2.46. The lowest BCUT2D eigenvalue weighted by atomic mass is 10.00. The lowest BCUT2D eigenvalue weighted by Crippen LogP contribution is -2.67. The quantitative estimate of drug-likeness (QED) is 0.461. The van der Waals surface area contributed by atoms with Gasteiger partial charge in [-0.15, -0.1) is 0 Å². The van der Waals surface area contributed by atoms with Crippen molar-refractivity contribution in [3.8, 4) is 0 Å². The molecule has 3 aliphatic rings. The molecule has 1 amide bonds. The number of β-lactam (4-membered cyclic amide) rings is 1. The first-order valence-corrected chi connectivity index (χ1v) is 8.31. The number of hydrogen-bond acceptors (Lipinski definition) is 4. The van der Waals surface area contributed by atoms with Gasteiger partial charge in [-0.25, -0.2) is 4.31 Å². The molecule has 3 fully saturated rings. The minimum Gasteiger partial charge on any atom is -0.360 e. The largest absolute Gasteiger partial charge is 0.362 e. The minimum absolute atomic E-state index is 0.402. The van der Waals surface area contributed by atoms with Crippen LogP contribution in [0.3, 0.4) is 0 Å². The summed E-state index contributed by atoms with van der Waals surface area (Å²) in [6.45, 7) is 0.664. The molecule has 0 aromatic rings. The van der Waals surface area contributed by atoms with E-state index in [0.29, 0.717) is 22.6 Å². The molecule has 3 rings (SSSR count). The first-order valence-electron chi connectivity index (χ1n) is 5.79. The molecule has 0 bridgehead atoms.